The van der Waals surface area contributed by atoms with Gasteiger partial charge >= 0.3 is 0 Å². The Bertz CT molecular complexity index is 1110. The molecule has 0 bridgehead atoms. The predicted octanol–water partition coefficient (Wildman–Crippen LogP) is 3.31. The molecule has 2 fully saturated rings. The minimum absolute atomic E-state index is 0.0617. The van der Waals surface area contributed by atoms with E-state index in [2.05, 4.69) is 5.32 Å². The normalized spacial score (nSPS) is 19.1. The van der Waals surface area contributed by atoms with E-state index in [-0.39, 0.29) is 29.5 Å². The summed E-state index contributed by atoms with van der Waals surface area (Å²) in [7, 11) is 1.51. The molecule has 2 aliphatic rings. The fourth-order valence-corrected chi connectivity index (χ4v) is 4.57. The number of halogens is 1. The van der Waals surface area contributed by atoms with Crippen molar-refractivity contribution >= 4 is 17.8 Å². The van der Waals surface area contributed by atoms with Gasteiger partial charge in [-0.25, -0.2) is 4.39 Å². The third-order valence-corrected chi connectivity index (χ3v) is 6.30. The van der Waals surface area contributed by atoms with Crippen LogP contribution >= 0.6 is 0 Å². The van der Waals surface area contributed by atoms with Crippen LogP contribution in [0.5, 0.6) is 17.2 Å². The SMILES string of the molecule is CC(=O)O.COc1ccc(C(=O)N2CCCC3(CCC(=O)NC3)C2)cc1Oc1cc(F)cc(CN)c1. The van der Waals surface area contributed by atoms with Crippen molar-refractivity contribution < 1.29 is 33.4 Å². The summed E-state index contributed by atoms with van der Waals surface area (Å²) in [5.41, 5.74) is 6.64. The van der Waals surface area contributed by atoms with Crippen LogP contribution in [-0.2, 0) is 16.1 Å². The van der Waals surface area contributed by atoms with Crippen molar-refractivity contribution in [1.82, 2.24) is 10.2 Å². The Hall–Kier alpha value is -3.66. The third kappa shape index (κ3) is 6.94. The van der Waals surface area contributed by atoms with Crippen molar-refractivity contribution in [2.45, 2.75) is 39.2 Å². The third-order valence-electron chi connectivity index (χ3n) is 6.30. The highest BCUT2D eigenvalue weighted by atomic mass is 19.1. The first-order valence-corrected chi connectivity index (χ1v) is 11.8. The van der Waals surface area contributed by atoms with E-state index in [1.165, 1.54) is 19.2 Å². The summed E-state index contributed by atoms with van der Waals surface area (Å²) in [6.07, 6.45) is 3.19. The quantitative estimate of drug-likeness (QED) is 0.573. The zero-order chi connectivity index (χ0) is 26.3. The highest BCUT2D eigenvalue weighted by molar-refractivity contribution is 5.95. The number of carboxylic acid groups (broad SMARTS) is 1. The number of nitrogens with zero attached hydrogens (tertiary/aromatic N) is 1. The highest BCUT2D eigenvalue weighted by Crippen LogP contribution is 2.38. The second kappa shape index (κ2) is 11.9. The number of aliphatic carboxylic acids is 1. The fourth-order valence-electron chi connectivity index (χ4n) is 4.57. The first-order valence-electron chi connectivity index (χ1n) is 11.8. The Morgan fingerprint density at radius 2 is 1.94 bits per heavy atom. The topological polar surface area (TPSA) is 131 Å². The van der Waals surface area contributed by atoms with E-state index in [1.54, 1.807) is 24.3 Å². The number of hydrogen-bond acceptors (Lipinski definition) is 6. The van der Waals surface area contributed by atoms with Gasteiger partial charge in [0.15, 0.2) is 11.5 Å². The maximum atomic E-state index is 13.9. The van der Waals surface area contributed by atoms with Crippen LogP contribution < -0.4 is 20.5 Å². The van der Waals surface area contributed by atoms with Gasteiger partial charge in [-0.05, 0) is 55.2 Å². The average Bonchev–Trinajstić information content (AvgIpc) is 2.85. The number of nitrogens with two attached hydrogens (primary N) is 1. The minimum atomic E-state index is -0.833. The molecular formula is C26H32FN3O6. The summed E-state index contributed by atoms with van der Waals surface area (Å²) >= 11 is 0. The van der Waals surface area contributed by atoms with Gasteiger partial charge in [0.2, 0.25) is 5.91 Å². The fraction of sp³-hybridized carbons (Fsp3) is 0.423. The number of likely N-dealkylation sites (tertiary alicyclic amines) is 1. The molecule has 2 saturated heterocycles. The van der Waals surface area contributed by atoms with Gasteiger partial charge < -0.3 is 30.5 Å². The second-order valence-corrected chi connectivity index (χ2v) is 9.09. The largest absolute Gasteiger partial charge is 0.493 e. The molecule has 0 aromatic heterocycles. The Labute approximate surface area is 209 Å². The molecule has 0 radical (unpaired) electrons. The van der Waals surface area contributed by atoms with Gasteiger partial charge in [-0.15, -0.1) is 0 Å². The van der Waals surface area contributed by atoms with Crippen LogP contribution in [0.15, 0.2) is 36.4 Å². The molecule has 1 spiro atoms. The molecule has 4 N–H and O–H groups in total. The zero-order valence-electron chi connectivity index (χ0n) is 20.5. The molecule has 2 aromatic rings. The summed E-state index contributed by atoms with van der Waals surface area (Å²) in [6.45, 7) is 3.15. The number of carboxylic acids is 1. The first-order chi connectivity index (χ1) is 17.1. The molecule has 0 aliphatic carbocycles. The molecule has 194 valence electrons. The zero-order valence-corrected chi connectivity index (χ0v) is 20.5. The number of amides is 2. The van der Waals surface area contributed by atoms with Crippen molar-refractivity contribution in [2.75, 3.05) is 26.7 Å². The number of methoxy groups -OCH3 is 1. The summed E-state index contributed by atoms with van der Waals surface area (Å²) in [5.74, 6) is -0.272. The molecule has 1 unspecified atom stereocenters. The highest BCUT2D eigenvalue weighted by Gasteiger charge is 2.40. The lowest BCUT2D eigenvalue weighted by atomic mass is 9.74. The Morgan fingerprint density at radius 3 is 2.58 bits per heavy atom. The van der Waals surface area contributed by atoms with Crippen LogP contribution in [0.4, 0.5) is 4.39 Å². The molecule has 36 heavy (non-hydrogen) atoms. The van der Waals surface area contributed by atoms with E-state index >= 15 is 0 Å². The van der Waals surface area contributed by atoms with Crippen LogP contribution in [-0.4, -0.2) is 54.5 Å². The van der Waals surface area contributed by atoms with Gasteiger partial charge in [0, 0.05) is 56.6 Å². The standard InChI is InChI=1S/C24H28FN3O4.C2H4O2/c1-31-20-4-3-17(11-21(20)32-19-10-16(13-26)9-18(25)12-19)23(30)28-8-2-6-24(15-28)7-5-22(29)27-14-24;1-2(3)4/h3-4,9-12H,2,5-8,13-15,26H2,1H3,(H,27,29);1H3,(H,3,4). The summed E-state index contributed by atoms with van der Waals surface area (Å²) in [5, 5.41) is 10.4. The Morgan fingerprint density at radius 1 is 1.19 bits per heavy atom. The number of piperidine rings is 2. The predicted molar refractivity (Wildman–Crippen MR) is 130 cm³/mol. The van der Waals surface area contributed by atoms with E-state index in [0.29, 0.717) is 48.7 Å². The Balaban J connectivity index is 0.000000840. The lowest BCUT2D eigenvalue weighted by Gasteiger charge is -2.45. The smallest absolute Gasteiger partial charge is 0.300 e. The monoisotopic (exact) mass is 501 g/mol. The molecular weight excluding hydrogens is 469 g/mol. The first kappa shape index (κ1) is 26.9. The van der Waals surface area contributed by atoms with Crippen molar-refractivity contribution in [1.29, 1.82) is 0 Å². The van der Waals surface area contributed by atoms with E-state index in [9.17, 15) is 14.0 Å². The number of carbonyl (C=O) groups is 3. The van der Waals surface area contributed by atoms with Gasteiger partial charge in [0.25, 0.3) is 11.9 Å². The van der Waals surface area contributed by atoms with Crippen molar-refractivity contribution in [3.8, 4) is 17.2 Å². The average molecular weight is 502 g/mol. The maximum Gasteiger partial charge on any atom is 0.300 e. The van der Waals surface area contributed by atoms with Gasteiger partial charge in [0.1, 0.15) is 11.6 Å². The van der Waals surface area contributed by atoms with E-state index < -0.39 is 11.8 Å². The van der Waals surface area contributed by atoms with Crippen LogP contribution in [0.2, 0.25) is 0 Å². The van der Waals surface area contributed by atoms with E-state index in [1.807, 2.05) is 4.90 Å². The molecule has 2 heterocycles. The molecule has 2 aromatic carbocycles. The van der Waals surface area contributed by atoms with Crippen LogP contribution in [0.1, 0.15) is 48.5 Å². The van der Waals surface area contributed by atoms with E-state index in [4.69, 9.17) is 25.1 Å². The van der Waals surface area contributed by atoms with Crippen molar-refractivity contribution in [3.05, 3.63) is 53.3 Å². The molecule has 2 aliphatic heterocycles. The Kier molecular flexibility index (Phi) is 8.87. The minimum Gasteiger partial charge on any atom is -0.493 e. The summed E-state index contributed by atoms with van der Waals surface area (Å²) in [4.78, 5) is 35.8. The van der Waals surface area contributed by atoms with Gasteiger partial charge in [0.05, 0.1) is 7.11 Å². The van der Waals surface area contributed by atoms with Gasteiger partial charge in [-0.3, -0.25) is 14.4 Å². The van der Waals surface area contributed by atoms with Crippen LogP contribution in [0, 0.1) is 11.2 Å². The summed E-state index contributed by atoms with van der Waals surface area (Å²) in [6, 6.07) is 9.27. The van der Waals surface area contributed by atoms with Gasteiger partial charge in [-0.2, -0.15) is 0 Å². The molecule has 4 rings (SSSR count). The number of rotatable bonds is 5. The van der Waals surface area contributed by atoms with Crippen molar-refractivity contribution in [3.63, 3.8) is 0 Å². The number of benzene rings is 2. The van der Waals surface area contributed by atoms with E-state index in [0.717, 1.165) is 26.2 Å². The number of ether oxygens (including phenoxy) is 2. The second-order valence-electron chi connectivity index (χ2n) is 9.09. The molecule has 1 atom stereocenters. The van der Waals surface area contributed by atoms with Crippen molar-refractivity contribution in [2.24, 2.45) is 11.1 Å². The molecule has 2 amide bonds. The van der Waals surface area contributed by atoms with Crippen LogP contribution in [0.25, 0.3) is 0 Å². The maximum absolute atomic E-state index is 13.9. The van der Waals surface area contributed by atoms with Crippen LogP contribution in [0.3, 0.4) is 0 Å². The lowest BCUT2D eigenvalue weighted by molar-refractivity contribution is -0.134. The molecule has 10 heteroatoms. The number of carbonyl (C=O) groups excluding carboxylic acids is 2. The summed E-state index contributed by atoms with van der Waals surface area (Å²) < 4.78 is 25.2. The van der Waals surface area contributed by atoms with Gasteiger partial charge in [-0.1, -0.05) is 0 Å². The lowest BCUT2D eigenvalue weighted by Crippen LogP contribution is -2.53. The molecule has 9 nitrogen and oxygen atoms in total. The molecule has 0 saturated carbocycles. The number of nitrogens with one attached hydrogen (secondary N) is 1. The number of hydrogen-bond donors (Lipinski definition) is 3.